The molecule has 0 aliphatic carbocycles. The summed E-state index contributed by atoms with van der Waals surface area (Å²) < 4.78 is 27.3. The maximum Gasteiger partial charge on any atom is 0.240 e. The van der Waals surface area contributed by atoms with E-state index in [-0.39, 0.29) is 17.4 Å². The number of hydrogen-bond acceptors (Lipinski definition) is 2. The van der Waals surface area contributed by atoms with E-state index in [4.69, 9.17) is 23.2 Å². The minimum Gasteiger partial charge on any atom is -0.211 e. The Labute approximate surface area is 147 Å². The zero-order valence-electron chi connectivity index (χ0n) is 12.4. The van der Waals surface area contributed by atoms with Crippen LogP contribution in [0.15, 0.2) is 66.1 Å². The molecular formula is C17H17Cl2NO2S. The van der Waals surface area contributed by atoms with Crippen LogP contribution in [0, 0.1) is 0 Å². The molecule has 0 bridgehead atoms. The summed E-state index contributed by atoms with van der Waals surface area (Å²) in [6, 6.07) is 13.6. The van der Waals surface area contributed by atoms with Crippen LogP contribution in [-0.4, -0.2) is 15.0 Å². The van der Waals surface area contributed by atoms with Crippen LogP contribution in [-0.2, 0) is 10.0 Å². The highest BCUT2D eigenvalue weighted by atomic mass is 35.5. The summed E-state index contributed by atoms with van der Waals surface area (Å²) in [5, 5.41) is 0.918. The number of rotatable bonds is 7. The molecule has 0 spiro atoms. The summed E-state index contributed by atoms with van der Waals surface area (Å²) in [6.07, 6.45) is 2.37. The molecule has 2 rings (SSSR count). The van der Waals surface area contributed by atoms with Crippen LogP contribution in [0.1, 0.15) is 17.9 Å². The van der Waals surface area contributed by atoms with Gasteiger partial charge >= 0.3 is 0 Å². The molecular weight excluding hydrogens is 353 g/mol. The van der Waals surface area contributed by atoms with Crippen molar-refractivity contribution in [1.29, 1.82) is 0 Å². The van der Waals surface area contributed by atoms with E-state index < -0.39 is 10.0 Å². The molecule has 0 amide bonds. The summed E-state index contributed by atoms with van der Waals surface area (Å²) in [5.74, 6) is -0.0687. The molecule has 122 valence electrons. The second-order valence-electron chi connectivity index (χ2n) is 5.06. The number of nitrogens with one attached hydrogen (secondary N) is 1. The van der Waals surface area contributed by atoms with Crippen molar-refractivity contribution < 1.29 is 8.42 Å². The summed E-state index contributed by atoms with van der Waals surface area (Å²) in [7, 11) is -3.54. The molecule has 0 aliphatic heterocycles. The van der Waals surface area contributed by atoms with Gasteiger partial charge in [0.2, 0.25) is 10.0 Å². The Morgan fingerprint density at radius 2 is 1.78 bits per heavy atom. The van der Waals surface area contributed by atoms with E-state index in [2.05, 4.69) is 11.3 Å². The first-order valence-electron chi connectivity index (χ1n) is 7.04. The fraction of sp³-hybridized carbons (Fsp3) is 0.176. The molecule has 0 radical (unpaired) electrons. The van der Waals surface area contributed by atoms with E-state index in [0.717, 1.165) is 5.56 Å². The first kappa shape index (κ1) is 18.0. The molecule has 1 N–H and O–H groups in total. The Bertz CT molecular complexity index is 776. The van der Waals surface area contributed by atoms with Crippen LogP contribution in [0.5, 0.6) is 0 Å². The molecule has 0 aromatic heterocycles. The van der Waals surface area contributed by atoms with Crippen LogP contribution >= 0.6 is 23.2 Å². The Morgan fingerprint density at radius 1 is 1.09 bits per heavy atom. The first-order chi connectivity index (χ1) is 10.9. The highest BCUT2D eigenvalue weighted by molar-refractivity contribution is 7.89. The zero-order valence-corrected chi connectivity index (χ0v) is 14.7. The lowest BCUT2D eigenvalue weighted by molar-refractivity contribution is 0.570. The standard InChI is InChI=1S/C17H17Cl2NO2S/c1-2-6-14(13-9-10-16(18)17(19)11-13)12-20-23(21,22)15-7-4-3-5-8-15/h2-5,7-11,14,20H,1,6,12H2/t14-/m1/s1. The Balaban J connectivity index is 2.17. The van der Waals surface area contributed by atoms with Crippen molar-refractivity contribution in [3.8, 4) is 0 Å². The topological polar surface area (TPSA) is 46.2 Å². The highest BCUT2D eigenvalue weighted by Gasteiger charge is 2.18. The number of sulfonamides is 1. The normalized spacial score (nSPS) is 12.8. The minimum absolute atomic E-state index is 0.0687. The molecule has 0 fully saturated rings. The quantitative estimate of drug-likeness (QED) is 0.723. The van der Waals surface area contributed by atoms with Crippen molar-refractivity contribution in [2.75, 3.05) is 6.54 Å². The van der Waals surface area contributed by atoms with Gasteiger partial charge in [-0.25, -0.2) is 13.1 Å². The Morgan fingerprint density at radius 3 is 2.39 bits per heavy atom. The Kier molecular flexibility index (Phi) is 6.25. The van der Waals surface area contributed by atoms with Gasteiger partial charge in [0.1, 0.15) is 0 Å². The summed E-state index contributed by atoms with van der Waals surface area (Å²) >= 11 is 12.0. The molecule has 1 atom stereocenters. The Hall–Kier alpha value is -1.33. The third-order valence-corrected chi connectivity index (χ3v) is 5.62. The fourth-order valence-electron chi connectivity index (χ4n) is 2.20. The largest absolute Gasteiger partial charge is 0.240 e. The number of allylic oxidation sites excluding steroid dienone is 1. The van der Waals surface area contributed by atoms with Crippen LogP contribution in [0.3, 0.4) is 0 Å². The molecule has 2 aromatic rings. The van der Waals surface area contributed by atoms with Crippen LogP contribution in [0.2, 0.25) is 10.0 Å². The summed E-state index contributed by atoms with van der Waals surface area (Å²) in [6.45, 7) is 3.98. The number of benzene rings is 2. The summed E-state index contributed by atoms with van der Waals surface area (Å²) in [5.41, 5.74) is 0.912. The third kappa shape index (κ3) is 4.82. The molecule has 0 unspecified atom stereocenters. The van der Waals surface area contributed by atoms with Gasteiger partial charge in [-0.15, -0.1) is 6.58 Å². The molecule has 3 nitrogen and oxygen atoms in total. The van der Waals surface area contributed by atoms with Crippen molar-refractivity contribution >= 4 is 33.2 Å². The number of halogens is 2. The zero-order chi connectivity index (χ0) is 16.9. The van der Waals surface area contributed by atoms with Crippen molar-refractivity contribution in [3.05, 3.63) is 76.8 Å². The smallest absolute Gasteiger partial charge is 0.211 e. The van der Waals surface area contributed by atoms with Gasteiger partial charge in [0, 0.05) is 12.5 Å². The predicted molar refractivity (Wildman–Crippen MR) is 95.6 cm³/mol. The molecule has 0 saturated carbocycles. The number of hydrogen-bond donors (Lipinski definition) is 1. The van der Waals surface area contributed by atoms with Crippen molar-refractivity contribution in [2.45, 2.75) is 17.2 Å². The van der Waals surface area contributed by atoms with Crippen molar-refractivity contribution in [1.82, 2.24) is 4.72 Å². The molecule has 2 aromatic carbocycles. The second-order valence-corrected chi connectivity index (χ2v) is 7.64. The van der Waals surface area contributed by atoms with Crippen molar-refractivity contribution in [2.24, 2.45) is 0 Å². The van der Waals surface area contributed by atoms with E-state index in [1.807, 2.05) is 6.07 Å². The molecule has 23 heavy (non-hydrogen) atoms. The van der Waals surface area contributed by atoms with Crippen molar-refractivity contribution in [3.63, 3.8) is 0 Å². The first-order valence-corrected chi connectivity index (χ1v) is 9.28. The van der Waals surface area contributed by atoms with Gasteiger partial charge in [0.15, 0.2) is 0 Å². The lowest BCUT2D eigenvalue weighted by Gasteiger charge is -2.17. The van der Waals surface area contributed by atoms with Gasteiger partial charge in [-0.3, -0.25) is 0 Å². The maximum atomic E-state index is 12.3. The van der Waals surface area contributed by atoms with Gasteiger partial charge in [0.05, 0.1) is 14.9 Å². The second kappa shape index (κ2) is 7.97. The van der Waals surface area contributed by atoms with Crippen LogP contribution in [0.25, 0.3) is 0 Å². The van der Waals surface area contributed by atoms with E-state index in [1.54, 1.807) is 48.5 Å². The average Bonchev–Trinajstić information content (AvgIpc) is 2.55. The lowest BCUT2D eigenvalue weighted by atomic mass is 9.96. The van der Waals surface area contributed by atoms with Gasteiger partial charge in [-0.1, -0.05) is 53.5 Å². The monoisotopic (exact) mass is 369 g/mol. The summed E-state index contributed by atoms with van der Waals surface area (Å²) in [4.78, 5) is 0.242. The van der Waals surface area contributed by atoms with Gasteiger partial charge in [-0.2, -0.15) is 0 Å². The van der Waals surface area contributed by atoms with E-state index in [9.17, 15) is 8.42 Å². The van der Waals surface area contributed by atoms with Gasteiger partial charge in [0.25, 0.3) is 0 Å². The SMILES string of the molecule is C=CC[C@H](CNS(=O)(=O)c1ccccc1)c1ccc(Cl)c(Cl)c1. The fourth-order valence-corrected chi connectivity index (χ4v) is 3.61. The molecule has 0 heterocycles. The molecule has 0 saturated heterocycles. The van der Waals surface area contributed by atoms with Crippen LogP contribution < -0.4 is 4.72 Å². The molecule has 6 heteroatoms. The predicted octanol–water partition coefficient (Wildman–Crippen LogP) is 4.63. The maximum absolute atomic E-state index is 12.3. The third-order valence-electron chi connectivity index (χ3n) is 3.44. The van der Waals surface area contributed by atoms with E-state index in [1.165, 1.54) is 0 Å². The highest BCUT2D eigenvalue weighted by Crippen LogP contribution is 2.28. The minimum atomic E-state index is -3.54. The van der Waals surface area contributed by atoms with E-state index in [0.29, 0.717) is 16.5 Å². The lowest BCUT2D eigenvalue weighted by Crippen LogP contribution is -2.28. The van der Waals surface area contributed by atoms with Crippen LogP contribution in [0.4, 0.5) is 0 Å². The van der Waals surface area contributed by atoms with Gasteiger partial charge < -0.3 is 0 Å². The van der Waals surface area contributed by atoms with E-state index >= 15 is 0 Å². The average molecular weight is 370 g/mol. The van der Waals surface area contributed by atoms with Gasteiger partial charge in [-0.05, 0) is 36.2 Å². The molecule has 0 aliphatic rings.